The van der Waals surface area contributed by atoms with E-state index in [0.717, 1.165) is 12.2 Å². The van der Waals surface area contributed by atoms with Gasteiger partial charge in [-0.25, -0.2) is 9.48 Å². The Labute approximate surface area is 89.4 Å². The van der Waals surface area contributed by atoms with Crippen LogP contribution in [0.1, 0.15) is 37.0 Å². The van der Waals surface area contributed by atoms with Crippen LogP contribution < -0.4 is 0 Å². The molecule has 0 aliphatic heterocycles. The molecule has 0 N–H and O–H groups in total. The van der Waals surface area contributed by atoms with Crippen LogP contribution in [0.4, 0.5) is 0 Å². The zero-order valence-electron chi connectivity index (χ0n) is 9.65. The lowest BCUT2D eigenvalue weighted by Gasteiger charge is -2.05. The summed E-state index contributed by atoms with van der Waals surface area (Å²) in [7, 11) is 0. The van der Waals surface area contributed by atoms with Gasteiger partial charge in [-0.1, -0.05) is 19.1 Å². The van der Waals surface area contributed by atoms with Crippen molar-refractivity contribution in [3.8, 4) is 0 Å². The molecule has 5 heteroatoms. The average molecular weight is 211 g/mol. The van der Waals surface area contributed by atoms with E-state index in [2.05, 4.69) is 24.2 Å². The third-order valence-corrected chi connectivity index (χ3v) is 1.99. The number of aromatic nitrogens is 3. The number of rotatable bonds is 4. The summed E-state index contributed by atoms with van der Waals surface area (Å²) in [5, 5.41) is 7.75. The smallest absolute Gasteiger partial charge is 0.360 e. The number of hydrogen-bond acceptors (Lipinski definition) is 4. The van der Waals surface area contributed by atoms with Gasteiger partial charge in [-0.2, -0.15) is 0 Å². The number of esters is 1. The molecule has 0 spiro atoms. The zero-order valence-corrected chi connectivity index (χ0v) is 9.65. The van der Waals surface area contributed by atoms with E-state index in [1.165, 1.54) is 0 Å². The maximum Gasteiger partial charge on any atom is 0.360 e. The van der Waals surface area contributed by atoms with Gasteiger partial charge >= 0.3 is 5.97 Å². The van der Waals surface area contributed by atoms with Crippen molar-refractivity contribution in [2.75, 3.05) is 6.61 Å². The second-order valence-electron chi connectivity index (χ2n) is 3.82. The number of nitrogens with zero attached hydrogens (tertiary/aromatic N) is 3. The Morgan fingerprint density at radius 3 is 2.73 bits per heavy atom. The summed E-state index contributed by atoms with van der Waals surface area (Å²) >= 11 is 0. The number of carbonyl (C=O) groups excluding carboxylic acids is 1. The number of hydrogen-bond donors (Lipinski definition) is 0. The molecule has 0 aliphatic rings. The topological polar surface area (TPSA) is 57.0 Å². The van der Waals surface area contributed by atoms with Gasteiger partial charge in [0.25, 0.3) is 0 Å². The summed E-state index contributed by atoms with van der Waals surface area (Å²) < 4.78 is 6.61. The molecule has 0 bridgehead atoms. The van der Waals surface area contributed by atoms with E-state index in [-0.39, 0.29) is 0 Å². The third-order valence-electron chi connectivity index (χ3n) is 1.99. The summed E-state index contributed by atoms with van der Waals surface area (Å²) in [6, 6.07) is 0. The van der Waals surface area contributed by atoms with Crippen molar-refractivity contribution in [2.45, 2.75) is 34.2 Å². The molecular formula is C10H17N3O2. The highest BCUT2D eigenvalue weighted by Crippen LogP contribution is 2.07. The lowest BCUT2D eigenvalue weighted by Crippen LogP contribution is -2.10. The maximum absolute atomic E-state index is 11.4. The minimum Gasteiger partial charge on any atom is -0.461 e. The van der Waals surface area contributed by atoms with Crippen molar-refractivity contribution >= 4 is 5.97 Å². The molecule has 0 saturated carbocycles. The molecule has 1 aromatic rings. The highest BCUT2D eigenvalue weighted by molar-refractivity contribution is 5.88. The van der Waals surface area contributed by atoms with Crippen LogP contribution in [-0.4, -0.2) is 27.6 Å². The fourth-order valence-electron chi connectivity index (χ4n) is 1.27. The van der Waals surface area contributed by atoms with E-state index in [0.29, 0.717) is 18.2 Å². The van der Waals surface area contributed by atoms with Crippen LogP contribution in [0.2, 0.25) is 0 Å². The fraction of sp³-hybridized carbons (Fsp3) is 0.700. The second-order valence-corrected chi connectivity index (χ2v) is 3.82. The molecule has 0 fully saturated rings. The van der Waals surface area contributed by atoms with E-state index in [1.54, 1.807) is 11.6 Å². The molecular weight excluding hydrogens is 194 g/mol. The summed E-state index contributed by atoms with van der Waals surface area (Å²) in [5.74, 6) is 0.0745. The Bertz CT molecular complexity index is 344. The Kier molecular flexibility index (Phi) is 3.82. The second kappa shape index (κ2) is 4.91. The first-order valence-electron chi connectivity index (χ1n) is 5.13. The lowest BCUT2D eigenvalue weighted by molar-refractivity contribution is 0.0518. The number of ether oxygens (including phenoxy) is 1. The lowest BCUT2D eigenvalue weighted by atomic mass is 10.2. The van der Waals surface area contributed by atoms with Crippen molar-refractivity contribution in [1.82, 2.24) is 15.0 Å². The fourth-order valence-corrected chi connectivity index (χ4v) is 1.27. The van der Waals surface area contributed by atoms with Crippen molar-refractivity contribution in [3.63, 3.8) is 0 Å². The van der Waals surface area contributed by atoms with Gasteiger partial charge in [-0.3, -0.25) is 0 Å². The van der Waals surface area contributed by atoms with Gasteiger partial charge in [0.15, 0.2) is 5.69 Å². The molecule has 0 unspecified atom stereocenters. The van der Waals surface area contributed by atoms with Crippen molar-refractivity contribution in [3.05, 3.63) is 11.4 Å². The normalized spacial score (nSPS) is 10.7. The molecule has 0 aliphatic carbocycles. The van der Waals surface area contributed by atoms with E-state index < -0.39 is 5.97 Å². The molecule has 5 nitrogen and oxygen atoms in total. The predicted molar refractivity (Wildman–Crippen MR) is 55.6 cm³/mol. The van der Waals surface area contributed by atoms with Gasteiger partial charge < -0.3 is 4.74 Å². The first-order valence-corrected chi connectivity index (χ1v) is 5.13. The molecule has 1 rings (SSSR count). The summed E-state index contributed by atoms with van der Waals surface area (Å²) in [4.78, 5) is 11.4. The largest absolute Gasteiger partial charge is 0.461 e. The van der Waals surface area contributed by atoms with Gasteiger partial charge in [0.2, 0.25) is 0 Å². The van der Waals surface area contributed by atoms with Crippen LogP contribution in [-0.2, 0) is 11.3 Å². The Morgan fingerprint density at radius 1 is 1.53 bits per heavy atom. The van der Waals surface area contributed by atoms with Gasteiger partial charge in [0.1, 0.15) is 0 Å². The van der Waals surface area contributed by atoms with Crippen molar-refractivity contribution < 1.29 is 9.53 Å². The van der Waals surface area contributed by atoms with Crippen molar-refractivity contribution in [1.29, 1.82) is 0 Å². The first kappa shape index (κ1) is 11.7. The SMILES string of the molecule is CCOC(=O)c1nnn(CC(C)C)c1C. The maximum atomic E-state index is 11.4. The number of carbonyl (C=O) groups is 1. The molecule has 0 amide bonds. The van der Waals surface area contributed by atoms with E-state index in [4.69, 9.17) is 4.74 Å². The quantitative estimate of drug-likeness (QED) is 0.707. The average Bonchev–Trinajstić information content (AvgIpc) is 2.48. The predicted octanol–water partition coefficient (Wildman–Crippen LogP) is 1.42. The van der Waals surface area contributed by atoms with Crippen LogP contribution in [0.25, 0.3) is 0 Å². The summed E-state index contributed by atoms with van der Waals surface area (Å²) in [6.07, 6.45) is 0. The highest BCUT2D eigenvalue weighted by Gasteiger charge is 2.17. The van der Waals surface area contributed by atoms with Gasteiger partial charge in [0.05, 0.1) is 12.3 Å². The summed E-state index contributed by atoms with van der Waals surface area (Å²) in [6.45, 7) is 8.89. The monoisotopic (exact) mass is 211 g/mol. The molecule has 0 saturated heterocycles. The van der Waals surface area contributed by atoms with Crippen LogP contribution in [0.3, 0.4) is 0 Å². The molecule has 1 aromatic heterocycles. The molecule has 0 radical (unpaired) electrons. The van der Waals surface area contributed by atoms with Crippen LogP contribution >= 0.6 is 0 Å². The molecule has 1 heterocycles. The third kappa shape index (κ3) is 2.78. The van der Waals surface area contributed by atoms with Crippen LogP contribution in [0.5, 0.6) is 0 Å². The molecule has 84 valence electrons. The Hall–Kier alpha value is -1.39. The molecule has 15 heavy (non-hydrogen) atoms. The molecule has 0 aromatic carbocycles. The minimum atomic E-state index is -0.398. The van der Waals surface area contributed by atoms with Gasteiger partial charge in [-0.05, 0) is 19.8 Å². The standard InChI is InChI=1S/C10H17N3O2/c1-5-15-10(14)9-8(4)13(12-11-9)6-7(2)3/h7H,5-6H2,1-4H3. The molecule has 0 atom stereocenters. The first-order chi connectivity index (χ1) is 7.06. The van der Waals surface area contributed by atoms with Gasteiger partial charge in [-0.15, -0.1) is 5.10 Å². The van der Waals surface area contributed by atoms with Gasteiger partial charge in [0, 0.05) is 6.54 Å². The summed E-state index contributed by atoms with van der Waals surface area (Å²) in [5.41, 5.74) is 1.08. The Morgan fingerprint density at radius 2 is 2.20 bits per heavy atom. The minimum absolute atomic E-state index is 0.317. The van der Waals surface area contributed by atoms with E-state index in [9.17, 15) is 4.79 Å². The Balaban J connectivity index is 2.84. The van der Waals surface area contributed by atoms with E-state index in [1.807, 2.05) is 6.92 Å². The zero-order chi connectivity index (χ0) is 11.4. The highest BCUT2D eigenvalue weighted by atomic mass is 16.5. The van der Waals surface area contributed by atoms with Crippen LogP contribution in [0, 0.1) is 12.8 Å². The van der Waals surface area contributed by atoms with E-state index >= 15 is 0 Å². The van der Waals surface area contributed by atoms with Crippen LogP contribution in [0.15, 0.2) is 0 Å². The van der Waals surface area contributed by atoms with Crippen molar-refractivity contribution in [2.24, 2.45) is 5.92 Å².